The summed E-state index contributed by atoms with van der Waals surface area (Å²) in [6.45, 7) is 16.9. The molecular formula is C19H30ClN. The summed E-state index contributed by atoms with van der Waals surface area (Å²) >= 11 is 6.85. The van der Waals surface area contributed by atoms with Crippen molar-refractivity contribution in [1.29, 1.82) is 0 Å². The summed E-state index contributed by atoms with van der Waals surface area (Å²) in [5, 5.41) is 0.0982. The third-order valence-electron chi connectivity index (χ3n) is 5.10. The number of alkyl halides is 1. The molecule has 0 radical (unpaired) electrons. The Morgan fingerprint density at radius 2 is 1.52 bits per heavy atom. The lowest BCUT2D eigenvalue weighted by Gasteiger charge is -2.36. The van der Waals surface area contributed by atoms with Gasteiger partial charge in [-0.05, 0) is 73.8 Å². The fourth-order valence-electron chi connectivity index (χ4n) is 3.98. The van der Waals surface area contributed by atoms with Crippen molar-refractivity contribution in [2.75, 3.05) is 19.6 Å². The van der Waals surface area contributed by atoms with Crippen molar-refractivity contribution in [3.8, 4) is 0 Å². The topological polar surface area (TPSA) is 3.24 Å². The van der Waals surface area contributed by atoms with Crippen LogP contribution in [0.25, 0.3) is 0 Å². The molecule has 1 aromatic rings. The van der Waals surface area contributed by atoms with Crippen LogP contribution in [0.4, 0.5) is 0 Å². The van der Waals surface area contributed by atoms with Crippen LogP contribution in [-0.2, 0) is 0 Å². The minimum absolute atomic E-state index is 0.0982. The van der Waals surface area contributed by atoms with Gasteiger partial charge in [-0.3, -0.25) is 0 Å². The third kappa shape index (κ3) is 3.81. The van der Waals surface area contributed by atoms with Gasteiger partial charge in [-0.1, -0.05) is 19.9 Å². The molecule has 118 valence electrons. The van der Waals surface area contributed by atoms with Gasteiger partial charge in [-0.2, -0.15) is 0 Å². The van der Waals surface area contributed by atoms with E-state index in [0.29, 0.717) is 0 Å². The number of piperidine rings is 1. The number of nitrogens with zero attached hydrogens (tertiary/aromatic N) is 1. The minimum Gasteiger partial charge on any atom is -0.301 e. The smallest absolute Gasteiger partial charge is 0.0717 e. The normalized spacial score (nSPS) is 25.1. The highest BCUT2D eigenvalue weighted by Gasteiger charge is 2.25. The molecule has 21 heavy (non-hydrogen) atoms. The van der Waals surface area contributed by atoms with E-state index in [4.69, 9.17) is 11.6 Å². The van der Waals surface area contributed by atoms with Crippen molar-refractivity contribution >= 4 is 11.6 Å². The zero-order chi connectivity index (χ0) is 15.7. The number of likely N-dealkylation sites (tertiary alicyclic amines) is 1. The van der Waals surface area contributed by atoms with Crippen LogP contribution >= 0.6 is 11.6 Å². The number of aryl methyl sites for hydroxylation is 2. The number of rotatable bonds is 3. The quantitative estimate of drug-likeness (QED) is 0.696. The molecule has 2 rings (SSSR count). The second kappa shape index (κ2) is 6.71. The Morgan fingerprint density at radius 3 is 2.00 bits per heavy atom. The van der Waals surface area contributed by atoms with Crippen LogP contribution in [0.5, 0.6) is 0 Å². The lowest BCUT2D eigenvalue weighted by Crippen LogP contribution is -2.40. The molecule has 1 heterocycles. The van der Waals surface area contributed by atoms with Crippen molar-refractivity contribution in [2.45, 2.75) is 53.3 Å². The Labute approximate surface area is 135 Å². The number of hydrogen-bond donors (Lipinski definition) is 0. The van der Waals surface area contributed by atoms with E-state index in [2.05, 4.69) is 52.5 Å². The molecule has 0 aliphatic carbocycles. The summed E-state index contributed by atoms with van der Waals surface area (Å²) in [6, 6.07) is 2.28. The van der Waals surface area contributed by atoms with E-state index in [1.54, 1.807) is 0 Å². The summed E-state index contributed by atoms with van der Waals surface area (Å²) in [4.78, 5) is 2.56. The summed E-state index contributed by atoms with van der Waals surface area (Å²) in [7, 11) is 0. The fraction of sp³-hybridized carbons (Fsp3) is 0.684. The van der Waals surface area contributed by atoms with E-state index in [1.807, 2.05) is 0 Å². The van der Waals surface area contributed by atoms with E-state index in [-0.39, 0.29) is 5.38 Å². The third-order valence-corrected chi connectivity index (χ3v) is 5.46. The fourth-order valence-corrected chi connectivity index (χ4v) is 4.50. The molecule has 2 heteroatoms. The van der Waals surface area contributed by atoms with Gasteiger partial charge in [0.1, 0.15) is 0 Å². The van der Waals surface area contributed by atoms with Crippen LogP contribution in [0.15, 0.2) is 6.07 Å². The van der Waals surface area contributed by atoms with Gasteiger partial charge in [-0.15, -0.1) is 11.6 Å². The number of halogens is 1. The lowest BCUT2D eigenvalue weighted by molar-refractivity contribution is 0.141. The van der Waals surface area contributed by atoms with Crippen molar-refractivity contribution in [3.63, 3.8) is 0 Å². The maximum absolute atomic E-state index is 6.85. The molecule has 1 nitrogen and oxygen atoms in total. The molecule has 0 saturated carbocycles. The molecule has 1 aliphatic heterocycles. The Bertz CT molecular complexity index is 473. The van der Waals surface area contributed by atoms with Gasteiger partial charge >= 0.3 is 0 Å². The summed E-state index contributed by atoms with van der Waals surface area (Å²) in [5.74, 6) is 1.58. The Kier molecular flexibility index (Phi) is 5.38. The highest BCUT2D eigenvalue weighted by molar-refractivity contribution is 6.21. The van der Waals surface area contributed by atoms with E-state index >= 15 is 0 Å². The van der Waals surface area contributed by atoms with Gasteiger partial charge in [0.05, 0.1) is 5.38 Å². The van der Waals surface area contributed by atoms with E-state index in [9.17, 15) is 0 Å². The highest BCUT2D eigenvalue weighted by Crippen LogP contribution is 2.33. The molecule has 0 N–H and O–H groups in total. The Balaban J connectivity index is 2.19. The molecule has 0 amide bonds. The minimum atomic E-state index is 0.0982. The first-order chi connectivity index (χ1) is 9.79. The summed E-state index contributed by atoms with van der Waals surface area (Å²) < 4.78 is 0. The lowest BCUT2D eigenvalue weighted by atomic mass is 9.90. The molecule has 0 aromatic heterocycles. The number of benzene rings is 1. The molecule has 1 aromatic carbocycles. The Hall–Kier alpha value is -0.530. The predicted octanol–water partition coefficient (Wildman–Crippen LogP) is 5.18. The molecule has 0 bridgehead atoms. The molecule has 0 spiro atoms. The van der Waals surface area contributed by atoms with Gasteiger partial charge < -0.3 is 4.90 Å². The van der Waals surface area contributed by atoms with Crippen molar-refractivity contribution in [2.24, 2.45) is 11.8 Å². The van der Waals surface area contributed by atoms with Gasteiger partial charge in [-0.25, -0.2) is 0 Å². The van der Waals surface area contributed by atoms with Gasteiger partial charge in [0.25, 0.3) is 0 Å². The van der Waals surface area contributed by atoms with E-state index in [0.717, 1.165) is 18.4 Å². The first-order valence-electron chi connectivity index (χ1n) is 8.23. The standard InChI is InChI=1S/C19H30ClN/c1-12-7-13(2)10-21(9-12)11-18(20)19-16(5)14(3)8-15(4)17(19)6/h8,12-13,18H,7,9-11H2,1-6H3. The zero-order valence-corrected chi connectivity index (χ0v) is 15.2. The van der Waals surface area contributed by atoms with Crippen LogP contribution < -0.4 is 0 Å². The Morgan fingerprint density at radius 1 is 1.05 bits per heavy atom. The molecule has 3 atom stereocenters. The van der Waals surface area contributed by atoms with E-state index < -0.39 is 0 Å². The molecule has 1 saturated heterocycles. The first-order valence-corrected chi connectivity index (χ1v) is 8.67. The van der Waals surface area contributed by atoms with Crippen LogP contribution in [0.2, 0.25) is 0 Å². The predicted molar refractivity (Wildman–Crippen MR) is 93.4 cm³/mol. The first kappa shape index (κ1) is 16.8. The average molecular weight is 308 g/mol. The second-order valence-electron chi connectivity index (χ2n) is 7.31. The van der Waals surface area contributed by atoms with Crippen molar-refractivity contribution < 1.29 is 0 Å². The number of hydrogen-bond acceptors (Lipinski definition) is 1. The second-order valence-corrected chi connectivity index (χ2v) is 7.83. The van der Waals surface area contributed by atoms with Crippen LogP contribution in [0, 0.1) is 39.5 Å². The average Bonchev–Trinajstić information content (AvgIpc) is 2.35. The maximum Gasteiger partial charge on any atom is 0.0717 e. The summed E-state index contributed by atoms with van der Waals surface area (Å²) in [6.07, 6.45) is 1.35. The van der Waals surface area contributed by atoms with Gasteiger partial charge in [0.15, 0.2) is 0 Å². The van der Waals surface area contributed by atoms with Gasteiger partial charge in [0, 0.05) is 19.6 Å². The largest absolute Gasteiger partial charge is 0.301 e. The highest BCUT2D eigenvalue weighted by atomic mass is 35.5. The SMILES string of the molecule is Cc1cc(C)c(C)c(C(Cl)CN2CC(C)CC(C)C2)c1C. The summed E-state index contributed by atoms with van der Waals surface area (Å²) in [5.41, 5.74) is 6.82. The van der Waals surface area contributed by atoms with Crippen molar-refractivity contribution in [1.82, 2.24) is 4.90 Å². The van der Waals surface area contributed by atoms with Crippen molar-refractivity contribution in [3.05, 3.63) is 33.9 Å². The monoisotopic (exact) mass is 307 g/mol. The molecule has 1 fully saturated rings. The molecular weight excluding hydrogens is 278 g/mol. The molecule has 1 aliphatic rings. The zero-order valence-electron chi connectivity index (χ0n) is 14.5. The maximum atomic E-state index is 6.85. The van der Waals surface area contributed by atoms with Crippen LogP contribution in [0.3, 0.4) is 0 Å². The molecule has 3 unspecified atom stereocenters. The van der Waals surface area contributed by atoms with Crippen LogP contribution in [0.1, 0.15) is 53.5 Å². The van der Waals surface area contributed by atoms with Gasteiger partial charge in [0.2, 0.25) is 0 Å². The van der Waals surface area contributed by atoms with Crippen LogP contribution in [-0.4, -0.2) is 24.5 Å². The van der Waals surface area contributed by atoms with E-state index in [1.165, 1.54) is 47.3 Å².